The summed E-state index contributed by atoms with van der Waals surface area (Å²) in [5.41, 5.74) is 0.660. The number of urea groups is 1. The zero-order valence-corrected chi connectivity index (χ0v) is 11.3. The summed E-state index contributed by atoms with van der Waals surface area (Å²) in [5, 5.41) is 24.3. The summed E-state index contributed by atoms with van der Waals surface area (Å²) in [5.74, 6) is -1.18. The van der Waals surface area contributed by atoms with E-state index in [-0.39, 0.29) is 12.1 Å². The highest BCUT2D eigenvalue weighted by molar-refractivity contribution is 5.92. The summed E-state index contributed by atoms with van der Waals surface area (Å²) in [6, 6.07) is 2.28. The number of nitro groups is 1. The van der Waals surface area contributed by atoms with Gasteiger partial charge in [0.2, 0.25) is 0 Å². The number of carbonyl (C=O) groups excluding carboxylic acids is 1. The van der Waals surface area contributed by atoms with Crippen LogP contribution in [0.15, 0.2) is 30.9 Å². The van der Waals surface area contributed by atoms with Crippen molar-refractivity contribution in [3.8, 4) is 0 Å². The van der Waals surface area contributed by atoms with Crippen LogP contribution < -0.4 is 10.6 Å². The number of aryl methyl sites for hydroxylation is 1. The quantitative estimate of drug-likeness (QED) is 0.421. The maximum Gasteiger partial charge on any atom is 0.326 e. The van der Waals surface area contributed by atoms with E-state index in [2.05, 4.69) is 17.2 Å². The van der Waals surface area contributed by atoms with E-state index in [1.165, 1.54) is 24.3 Å². The third-order valence-corrected chi connectivity index (χ3v) is 2.66. The van der Waals surface area contributed by atoms with Gasteiger partial charge in [0.15, 0.2) is 0 Å². The zero-order valence-electron chi connectivity index (χ0n) is 11.3. The fourth-order valence-electron chi connectivity index (χ4n) is 1.65. The van der Waals surface area contributed by atoms with Crippen LogP contribution in [0, 0.1) is 17.0 Å². The molecule has 1 rings (SSSR count). The monoisotopic (exact) mass is 293 g/mol. The molecule has 0 aliphatic carbocycles. The molecule has 0 fully saturated rings. The molecule has 112 valence electrons. The third kappa shape index (κ3) is 4.60. The van der Waals surface area contributed by atoms with Crippen LogP contribution in [-0.4, -0.2) is 28.1 Å². The van der Waals surface area contributed by atoms with E-state index in [9.17, 15) is 19.7 Å². The van der Waals surface area contributed by atoms with Crippen LogP contribution in [0.1, 0.15) is 12.0 Å². The summed E-state index contributed by atoms with van der Waals surface area (Å²) < 4.78 is 0. The van der Waals surface area contributed by atoms with Gasteiger partial charge >= 0.3 is 12.0 Å². The molecule has 0 saturated heterocycles. The first-order valence-electron chi connectivity index (χ1n) is 6.01. The number of carboxylic acid groups (broad SMARTS) is 1. The molecule has 0 bridgehead atoms. The predicted molar refractivity (Wildman–Crippen MR) is 76.2 cm³/mol. The van der Waals surface area contributed by atoms with Gasteiger partial charge in [-0.05, 0) is 25.5 Å². The van der Waals surface area contributed by atoms with Crippen LogP contribution in [0.2, 0.25) is 0 Å². The fourth-order valence-corrected chi connectivity index (χ4v) is 1.65. The lowest BCUT2D eigenvalue weighted by Gasteiger charge is -2.13. The van der Waals surface area contributed by atoms with Gasteiger partial charge in [-0.3, -0.25) is 10.1 Å². The first-order chi connectivity index (χ1) is 9.85. The van der Waals surface area contributed by atoms with Gasteiger partial charge in [0, 0.05) is 17.3 Å². The minimum Gasteiger partial charge on any atom is -0.480 e. The van der Waals surface area contributed by atoms with E-state index in [0.717, 1.165) is 0 Å². The highest BCUT2D eigenvalue weighted by atomic mass is 16.6. The molecule has 2 amide bonds. The van der Waals surface area contributed by atoms with Crippen molar-refractivity contribution in [1.82, 2.24) is 5.32 Å². The number of nitrogens with one attached hydrogen (secondary N) is 2. The topological polar surface area (TPSA) is 122 Å². The van der Waals surface area contributed by atoms with Crippen molar-refractivity contribution in [2.45, 2.75) is 19.4 Å². The van der Waals surface area contributed by atoms with Gasteiger partial charge in [-0.25, -0.2) is 9.59 Å². The molecule has 8 heteroatoms. The highest BCUT2D eigenvalue weighted by Gasteiger charge is 2.18. The molecule has 1 unspecified atom stereocenters. The number of nitro benzene ring substituents is 1. The van der Waals surface area contributed by atoms with Crippen LogP contribution in [-0.2, 0) is 4.79 Å². The van der Waals surface area contributed by atoms with Crippen LogP contribution in [0.4, 0.5) is 16.2 Å². The Bertz CT molecular complexity index is 585. The molecule has 1 aromatic rings. The van der Waals surface area contributed by atoms with Crippen LogP contribution in [0.3, 0.4) is 0 Å². The van der Waals surface area contributed by atoms with Gasteiger partial charge in [0.1, 0.15) is 6.04 Å². The van der Waals surface area contributed by atoms with Crippen molar-refractivity contribution in [1.29, 1.82) is 0 Å². The maximum absolute atomic E-state index is 11.7. The maximum atomic E-state index is 11.7. The van der Waals surface area contributed by atoms with Crippen LogP contribution in [0.5, 0.6) is 0 Å². The molecule has 0 saturated carbocycles. The van der Waals surface area contributed by atoms with Crippen LogP contribution in [0.25, 0.3) is 0 Å². The number of carboxylic acids is 1. The van der Waals surface area contributed by atoms with Crippen LogP contribution >= 0.6 is 0 Å². The molecular weight excluding hydrogens is 278 g/mol. The average Bonchev–Trinajstić information content (AvgIpc) is 2.37. The molecule has 1 atom stereocenters. The minimum atomic E-state index is -1.18. The van der Waals surface area contributed by atoms with E-state index >= 15 is 0 Å². The lowest BCUT2D eigenvalue weighted by Crippen LogP contribution is -2.42. The number of hydrogen-bond acceptors (Lipinski definition) is 4. The summed E-state index contributed by atoms with van der Waals surface area (Å²) >= 11 is 0. The number of nitrogens with zero attached hydrogens (tertiary/aromatic N) is 1. The van der Waals surface area contributed by atoms with Crippen molar-refractivity contribution >= 4 is 23.4 Å². The summed E-state index contributed by atoms with van der Waals surface area (Å²) in [7, 11) is 0. The van der Waals surface area contributed by atoms with Crippen molar-refractivity contribution in [3.05, 3.63) is 46.5 Å². The van der Waals surface area contributed by atoms with Gasteiger partial charge in [-0.1, -0.05) is 6.08 Å². The molecule has 0 aliphatic rings. The van der Waals surface area contributed by atoms with E-state index in [0.29, 0.717) is 11.3 Å². The molecule has 0 aliphatic heterocycles. The van der Waals surface area contributed by atoms with E-state index in [4.69, 9.17) is 5.11 Å². The molecule has 0 radical (unpaired) electrons. The van der Waals surface area contributed by atoms with E-state index in [1.807, 2.05) is 0 Å². The minimum absolute atomic E-state index is 0.0592. The average molecular weight is 293 g/mol. The van der Waals surface area contributed by atoms with Gasteiger partial charge in [-0.2, -0.15) is 0 Å². The van der Waals surface area contributed by atoms with Crippen molar-refractivity contribution in [2.24, 2.45) is 0 Å². The summed E-state index contributed by atoms with van der Waals surface area (Å²) in [4.78, 5) is 32.7. The standard InChI is InChI=1S/C13H15N3O5/c1-3-4-10(12(17)18)15-13(19)14-9-5-6-11(16(20)21)8(2)7-9/h3,5-7,10H,1,4H2,2H3,(H,17,18)(H2,14,15,19). The molecule has 0 heterocycles. The first kappa shape index (κ1) is 16.2. The number of benzene rings is 1. The highest BCUT2D eigenvalue weighted by Crippen LogP contribution is 2.21. The fraction of sp³-hybridized carbons (Fsp3) is 0.231. The Kier molecular flexibility index (Phi) is 5.41. The molecule has 0 aromatic heterocycles. The smallest absolute Gasteiger partial charge is 0.326 e. The number of carbonyl (C=O) groups is 2. The lowest BCUT2D eigenvalue weighted by molar-refractivity contribution is -0.385. The Morgan fingerprint density at radius 3 is 2.67 bits per heavy atom. The largest absolute Gasteiger partial charge is 0.480 e. The molecular formula is C13H15N3O5. The van der Waals surface area contributed by atoms with Crippen molar-refractivity contribution in [3.63, 3.8) is 0 Å². The second-order valence-electron chi connectivity index (χ2n) is 4.27. The Labute approximate surface area is 120 Å². The second kappa shape index (κ2) is 7.04. The normalized spacial score (nSPS) is 11.3. The number of amides is 2. The Hall–Kier alpha value is -2.90. The number of aliphatic carboxylic acids is 1. The number of rotatable bonds is 6. The first-order valence-corrected chi connectivity index (χ1v) is 6.01. The molecule has 8 nitrogen and oxygen atoms in total. The van der Waals surface area contributed by atoms with E-state index < -0.39 is 23.0 Å². The predicted octanol–water partition coefficient (Wildman–Crippen LogP) is 2.05. The molecule has 21 heavy (non-hydrogen) atoms. The Balaban J connectivity index is 2.74. The number of hydrogen-bond donors (Lipinski definition) is 3. The molecule has 1 aromatic carbocycles. The SMILES string of the molecule is C=CCC(NC(=O)Nc1ccc([N+](=O)[O-])c(C)c1)C(=O)O. The third-order valence-electron chi connectivity index (χ3n) is 2.66. The van der Waals surface area contributed by atoms with Gasteiger partial charge < -0.3 is 15.7 Å². The van der Waals surface area contributed by atoms with Crippen molar-refractivity contribution in [2.75, 3.05) is 5.32 Å². The summed E-state index contributed by atoms with van der Waals surface area (Å²) in [6.07, 6.45) is 1.47. The van der Waals surface area contributed by atoms with Gasteiger partial charge in [0.25, 0.3) is 5.69 Å². The van der Waals surface area contributed by atoms with E-state index in [1.54, 1.807) is 6.92 Å². The Morgan fingerprint density at radius 2 is 2.19 bits per heavy atom. The molecule has 3 N–H and O–H groups in total. The lowest BCUT2D eigenvalue weighted by atomic mass is 10.2. The zero-order chi connectivity index (χ0) is 16.0. The number of anilines is 1. The van der Waals surface area contributed by atoms with Gasteiger partial charge in [-0.15, -0.1) is 6.58 Å². The van der Waals surface area contributed by atoms with Crippen molar-refractivity contribution < 1.29 is 19.6 Å². The molecule has 0 spiro atoms. The van der Waals surface area contributed by atoms with Gasteiger partial charge in [0.05, 0.1) is 4.92 Å². The summed E-state index contributed by atoms with van der Waals surface area (Å²) in [6.45, 7) is 4.95. The second-order valence-corrected chi connectivity index (χ2v) is 4.27. The Morgan fingerprint density at radius 1 is 1.52 bits per heavy atom.